The highest BCUT2D eigenvalue weighted by molar-refractivity contribution is 5.61. The monoisotopic (exact) mass is 231 g/mol. The van der Waals surface area contributed by atoms with Gasteiger partial charge in [-0.1, -0.05) is 6.07 Å². The predicted octanol–water partition coefficient (Wildman–Crippen LogP) is 2.88. The molecular weight excluding hydrogens is 217 g/mol. The lowest BCUT2D eigenvalue weighted by molar-refractivity contribution is 0.628. The molecule has 0 fully saturated rings. The van der Waals surface area contributed by atoms with Gasteiger partial charge in [-0.25, -0.2) is 9.37 Å². The average molecular weight is 231 g/mol. The van der Waals surface area contributed by atoms with Gasteiger partial charge in [-0.05, 0) is 37.3 Å². The van der Waals surface area contributed by atoms with Crippen molar-refractivity contribution in [2.24, 2.45) is 0 Å². The summed E-state index contributed by atoms with van der Waals surface area (Å²) in [5, 5.41) is 0. The second kappa shape index (κ2) is 4.41. The quantitative estimate of drug-likeness (QED) is 0.864. The third kappa shape index (κ3) is 2.36. The number of halogens is 1. The Kier molecular flexibility index (Phi) is 2.95. The molecule has 0 atom stereocenters. The number of nitrogens with zero attached hydrogens (tertiary/aromatic N) is 2. The molecule has 0 aliphatic carbocycles. The Bertz CT molecular complexity index is 540. The summed E-state index contributed by atoms with van der Waals surface area (Å²) in [4.78, 5) is 6.17. The first-order valence-corrected chi connectivity index (χ1v) is 5.30. The molecule has 0 amide bonds. The number of hydrogen-bond acceptors (Lipinski definition) is 3. The maximum atomic E-state index is 13.1. The van der Waals surface area contributed by atoms with Crippen LogP contribution in [0.15, 0.2) is 36.4 Å². The molecule has 0 radical (unpaired) electrons. The van der Waals surface area contributed by atoms with Crippen LogP contribution >= 0.6 is 0 Å². The van der Waals surface area contributed by atoms with E-state index in [-0.39, 0.29) is 5.82 Å². The van der Waals surface area contributed by atoms with E-state index >= 15 is 0 Å². The van der Waals surface area contributed by atoms with Gasteiger partial charge in [0.2, 0.25) is 0 Å². The smallest absolute Gasteiger partial charge is 0.133 e. The molecule has 1 aromatic heterocycles. The van der Waals surface area contributed by atoms with Gasteiger partial charge in [0, 0.05) is 12.7 Å². The lowest BCUT2D eigenvalue weighted by Gasteiger charge is -2.19. The maximum absolute atomic E-state index is 13.1. The van der Waals surface area contributed by atoms with Gasteiger partial charge in [0.25, 0.3) is 0 Å². The molecule has 3 nitrogen and oxygen atoms in total. The third-order valence-corrected chi connectivity index (χ3v) is 2.65. The standard InChI is InChI=1S/C13H14FN3/c1-9-12(15)6-7-13(16-9)17(2)11-5-3-4-10(14)8-11/h3-8H,15H2,1-2H3. The summed E-state index contributed by atoms with van der Waals surface area (Å²) in [6, 6.07) is 9.99. The topological polar surface area (TPSA) is 42.2 Å². The van der Waals surface area contributed by atoms with Crippen LogP contribution in [0.2, 0.25) is 0 Å². The number of nitrogens with two attached hydrogens (primary N) is 1. The zero-order valence-electron chi connectivity index (χ0n) is 9.81. The summed E-state index contributed by atoms with van der Waals surface area (Å²) in [5.41, 5.74) is 7.89. The van der Waals surface area contributed by atoms with Crippen LogP contribution in [0.1, 0.15) is 5.69 Å². The Labute approximate surface area is 99.7 Å². The van der Waals surface area contributed by atoms with Gasteiger partial charge >= 0.3 is 0 Å². The average Bonchev–Trinajstić information content (AvgIpc) is 2.32. The Morgan fingerprint density at radius 2 is 2.00 bits per heavy atom. The summed E-state index contributed by atoms with van der Waals surface area (Å²) < 4.78 is 13.1. The molecule has 2 aromatic rings. The SMILES string of the molecule is Cc1nc(N(C)c2cccc(F)c2)ccc1N. The Hall–Kier alpha value is -2.10. The number of benzene rings is 1. The van der Waals surface area contributed by atoms with Crippen LogP contribution < -0.4 is 10.6 Å². The van der Waals surface area contributed by atoms with E-state index in [2.05, 4.69) is 4.98 Å². The molecule has 0 spiro atoms. The number of pyridine rings is 1. The second-order valence-corrected chi connectivity index (χ2v) is 3.88. The van der Waals surface area contributed by atoms with Crippen molar-refractivity contribution in [3.8, 4) is 0 Å². The van der Waals surface area contributed by atoms with Crippen molar-refractivity contribution < 1.29 is 4.39 Å². The van der Waals surface area contributed by atoms with Crippen LogP contribution in [-0.4, -0.2) is 12.0 Å². The molecule has 0 aliphatic rings. The number of nitrogen functional groups attached to an aromatic ring is 1. The molecule has 0 saturated heterocycles. The van der Waals surface area contributed by atoms with E-state index in [4.69, 9.17) is 5.73 Å². The van der Waals surface area contributed by atoms with Crippen molar-refractivity contribution in [1.82, 2.24) is 4.98 Å². The molecule has 1 aromatic carbocycles. The van der Waals surface area contributed by atoms with Crippen molar-refractivity contribution >= 4 is 17.2 Å². The largest absolute Gasteiger partial charge is 0.397 e. The minimum atomic E-state index is -0.262. The minimum Gasteiger partial charge on any atom is -0.397 e. The van der Waals surface area contributed by atoms with Gasteiger partial charge in [-0.3, -0.25) is 0 Å². The van der Waals surface area contributed by atoms with Crippen molar-refractivity contribution in [3.05, 3.63) is 47.9 Å². The normalized spacial score (nSPS) is 10.3. The molecule has 2 rings (SSSR count). The van der Waals surface area contributed by atoms with E-state index in [1.807, 2.05) is 31.0 Å². The fraction of sp³-hybridized carbons (Fsp3) is 0.154. The lowest BCUT2D eigenvalue weighted by atomic mass is 10.2. The zero-order chi connectivity index (χ0) is 12.4. The molecule has 88 valence electrons. The first-order chi connectivity index (χ1) is 8.08. The molecule has 0 bridgehead atoms. The van der Waals surface area contributed by atoms with Crippen molar-refractivity contribution in [1.29, 1.82) is 0 Å². The predicted molar refractivity (Wildman–Crippen MR) is 67.8 cm³/mol. The summed E-state index contributed by atoms with van der Waals surface area (Å²) in [7, 11) is 1.84. The van der Waals surface area contributed by atoms with Gasteiger partial charge < -0.3 is 10.6 Å². The number of anilines is 3. The maximum Gasteiger partial charge on any atom is 0.133 e. The number of rotatable bonds is 2. The molecule has 1 heterocycles. The van der Waals surface area contributed by atoms with E-state index in [0.717, 1.165) is 17.2 Å². The number of aryl methyl sites for hydroxylation is 1. The Balaban J connectivity index is 2.36. The third-order valence-electron chi connectivity index (χ3n) is 2.65. The molecule has 0 saturated carbocycles. The van der Waals surface area contributed by atoms with E-state index in [9.17, 15) is 4.39 Å². The summed E-state index contributed by atoms with van der Waals surface area (Å²) in [5.74, 6) is 0.476. The Morgan fingerprint density at radius 3 is 2.65 bits per heavy atom. The first kappa shape index (κ1) is 11.4. The van der Waals surface area contributed by atoms with Crippen LogP contribution in [0.25, 0.3) is 0 Å². The van der Waals surface area contributed by atoms with Gasteiger partial charge in [0.1, 0.15) is 11.6 Å². The minimum absolute atomic E-state index is 0.262. The number of hydrogen-bond donors (Lipinski definition) is 1. The fourth-order valence-electron chi connectivity index (χ4n) is 1.56. The highest BCUT2D eigenvalue weighted by Gasteiger charge is 2.07. The zero-order valence-corrected chi connectivity index (χ0v) is 9.81. The highest BCUT2D eigenvalue weighted by atomic mass is 19.1. The van der Waals surface area contributed by atoms with Crippen molar-refractivity contribution in [3.63, 3.8) is 0 Å². The van der Waals surface area contributed by atoms with Crippen molar-refractivity contribution in [2.45, 2.75) is 6.92 Å². The van der Waals surface area contributed by atoms with Crippen LogP contribution in [-0.2, 0) is 0 Å². The van der Waals surface area contributed by atoms with Crippen LogP contribution in [0, 0.1) is 12.7 Å². The highest BCUT2D eigenvalue weighted by Crippen LogP contribution is 2.23. The van der Waals surface area contributed by atoms with E-state index in [0.29, 0.717) is 5.69 Å². The summed E-state index contributed by atoms with van der Waals surface area (Å²) in [6.45, 7) is 1.85. The molecule has 2 N–H and O–H groups in total. The van der Waals surface area contributed by atoms with Crippen LogP contribution in [0.3, 0.4) is 0 Å². The van der Waals surface area contributed by atoms with Gasteiger partial charge in [-0.15, -0.1) is 0 Å². The van der Waals surface area contributed by atoms with Gasteiger partial charge in [-0.2, -0.15) is 0 Å². The van der Waals surface area contributed by atoms with E-state index < -0.39 is 0 Å². The molecule has 4 heteroatoms. The molecule has 17 heavy (non-hydrogen) atoms. The van der Waals surface area contributed by atoms with Gasteiger partial charge in [0.15, 0.2) is 0 Å². The first-order valence-electron chi connectivity index (χ1n) is 5.30. The fourth-order valence-corrected chi connectivity index (χ4v) is 1.56. The van der Waals surface area contributed by atoms with Gasteiger partial charge in [0.05, 0.1) is 11.4 Å². The van der Waals surface area contributed by atoms with Crippen LogP contribution in [0.4, 0.5) is 21.6 Å². The Morgan fingerprint density at radius 1 is 1.24 bits per heavy atom. The summed E-state index contributed by atoms with van der Waals surface area (Å²) >= 11 is 0. The summed E-state index contributed by atoms with van der Waals surface area (Å²) in [6.07, 6.45) is 0. The van der Waals surface area contributed by atoms with Crippen LogP contribution in [0.5, 0.6) is 0 Å². The second-order valence-electron chi connectivity index (χ2n) is 3.88. The van der Waals surface area contributed by atoms with Crippen molar-refractivity contribution in [2.75, 3.05) is 17.7 Å². The molecule has 0 aliphatic heterocycles. The van der Waals surface area contributed by atoms with E-state index in [1.54, 1.807) is 12.1 Å². The lowest BCUT2D eigenvalue weighted by Crippen LogP contribution is -2.12. The number of aromatic nitrogens is 1. The van der Waals surface area contributed by atoms with E-state index in [1.165, 1.54) is 12.1 Å². The molecular formula is C13H14FN3. The molecule has 0 unspecified atom stereocenters.